The number of carbonyl (C=O) groups is 2. The van der Waals surface area contributed by atoms with E-state index in [0.717, 1.165) is 12.0 Å². The Balaban J connectivity index is 2.78. The fourth-order valence-electron chi connectivity index (χ4n) is 2.71. The molecule has 5 nitrogen and oxygen atoms in total. The van der Waals surface area contributed by atoms with Gasteiger partial charge >= 0.3 is 0 Å². The van der Waals surface area contributed by atoms with Crippen LogP contribution in [-0.2, 0) is 16.0 Å². The number of nitrogens with zero attached hydrogens (tertiary/aromatic N) is 1. The number of carbonyl (C=O) groups excluding carboxylic acids is 2. The quantitative estimate of drug-likeness (QED) is 0.583. The second-order valence-electron chi connectivity index (χ2n) is 5.91. The summed E-state index contributed by atoms with van der Waals surface area (Å²) in [4.78, 5) is 24.2. The number of benzene rings is 1. The van der Waals surface area contributed by atoms with Gasteiger partial charge in [0.1, 0.15) is 0 Å². The Morgan fingerprint density at radius 2 is 1.65 bits per heavy atom. The summed E-state index contributed by atoms with van der Waals surface area (Å²) in [6, 6.07) is 9.84. The lowest BCUT2D eigenvalue weighted by atomic mass is 9.81. The summed E-state index contributed by atoms with van der Waals surface area (Å²) < 4.78 is 0. The van der Waals surface area contributed by atoms with E-state index in [0.29, 0.717) is 25.9 Å². The molecule has 0 fully saturated rings. The van der Waals surface area contributed by atoms with Crippen molar-refractivity contribution < 1.29 is 19.8 Å². The fourth-order valence-corrected chi connectivity index (χ4v) is 2.71. The molecule has 5 heteroatoms. The molecule has 0 aliphatic carbocycles. The Labute approximate surface area is 137 Å². The maximum atomic E-state index is 11.6. The smallest absolute Gasteiger partial charge is 0.0488 e. The van der Waals surface area contributed by atoms with Gasteiger partial charge in [0.15, 0.2) is 0 Å². The van der Waals surface area contributed by atoms with Crippen LogP contribution in [0.5, 0.6) is 0 Å². The highest BCUT2D eigenvalue weighted by Crippen LogP contribution is 2.27. The third-order valence-electron chi connectivity index (χ3n) is 4.50. The highest BCUT2D eigenvalue weighted by Gasteiger charge is 2.30. The van der Waals surface area contributed by atoms with Crippen molar-refractivity contribution in [2.24, 2.45) is 5.41 Å². The van der Waals surface area contributed by atoms with Crippen LogP contribution >= 0.6 is 0 Å². The standard InChI is InChI=1S/C18H27NO4/c1-3-18(4-2,17(22)23)14-19(13-11-16(20)21)12-10-15-8-6-5-7-9-15/h5-9H,3-4,10-14H2,1-2H3,(H,20,21)(H,22,23)/p-2. The van der Waals surface area contributed by atoms with Gasteiger partial charge in [-0.25, -0.2) is 0 Å². The molecule has 0 aliphatic rings. The lowest BCUT2D eigenvalue weighted by Gasteiger charge is -2.38. The SMILES string of the molecule is CCC(CC)(CN(CCC(=O)[O-])CCc1ccccc1)C(=O)[O-]. The molecule has 0 bridgehead atoms. The van der Waals surface area contributed by atoms with E-state index in [-0.39, 0.29) is 13.0 Å². The van der Waals surface area contributed by atoms with Crippen LogP contribution in [0.4, 0.5) is 0 Å². The number of hydrogen-bond acceptors (Lipinski definition) is 5. The monoisotopic (exact) mass is 319 g/mol. The first kappa shape index (κ1) is 19.2. The molecule has 0 N–H and O–H groups in total. The van der Waals surface area contributed by atoms with Crippen molar-refractivity contribution in [1.82, 2.24) is 4.90 Å². The van der Waals surface area contributed by atoms with Crippen LogP contribution in [0.2, 0.25) is 0 Å². The number of carboxylic acids is 2. The first-order valence-electron chi connectivity index (χ1n) is 8.11. The first-order chi connectivity index (χ1) is 10.9. The van der Waals surface area contributed by atoms with Crippen LogP contribution < -0.4 is 10.2 Å². The van der Waals surface area contributed by atoms with Gasteiger partial charge in [-0.05, 0) is 31.2 Å². The average molecular weight is 319 g/mol. The average Bonchev–Trinajstić information content (AvgIpc) is 2.55. The molecule has 0 heterocycles. The predicted molar refractivity (Wildman–Crippen MR) is 84.2 cm³/mol. The van der Waals surface area contributed by atoms with Crippen molar-refractivity contribution in [2.45, 2.75) is 39.5 Å². The maximum Gasteiger partial charge on any atom is 0.0488 e. The van der Waals surface area contributed by atoms with Crippen molar-refractivity contribution in [3.05, 3.63) is 35.9 Å². The van der Waals surface area contributed by atoms with Crippen molar-refractivity contribution >= 4 is 11.9 Å². The Morgan fingerprint density at radius 3 is 2.13 bits per heavy atom. The first-order valence-corrected chi connectivity index (χ1v) is 8.11. The summed E-state index contributed by atoms with van der Waals surface area (Å²) in [6.45, 7) is 4.83. The van der Waals surface area contributed by atoms with Crippen LogP contribution in [-0.4, -0.2) is 36.5 Å². The molecule has 0 radical (unpaired) electrons. The van der Waals surface area contributed by atoms with Gasteiger partial charge in [-0.3, -0.25) is 0 Å². The Morgan fingerprint density at radius 1 is 1.04 bits per heavy atom. The molecule has 128 valence electrons. The molecule has 0 unspecified atom stereocenters. The van der Waals surface area contributed by atoms with Crippen LogP contribution in [0.1, 0.15) is 38.7 Å². The van der Waals surface area contributed by atoms with E-state index >= 15 is 0 Å². The highest BCUT2D eigenvalue weighted by molar-refractivity contribution is 5.72. The van der Waals surface area contributed by atoms with Gasteiger partial charge in [0.25, 0.3) is 0 Å². The molecule has 0 spiro atoms. The molecule has 1 rings (SSSR count). The summed E-state index contributed by atoms with van der Waals surface area (Å²) in [5.41, 5.74) is 0.195. The zero-order valence-electron chi connectivity index (χ0n) is 13.9. The Hall–Kier alpha value is -1.88. The van der Waals surface area contributed by atoms with Crippen LogP contribution in [0.3, 0.4) is 0 Å². The fraction of sp³-hybridized carbons (Fsp3) is 0.556. The molecule has 1 aromatic rings. The van der Waals surface area contributed by atoms with Gasteiger partial charge in [-0.15, -0.1) is 0 Å². The minimum absolute atomic E-state index is 0.106. The molecular weight excluding hydrogens is 294 g/mol. The summed E-state index contributed by atoms with van der Waals surface area (Å²) >= 11 is 0. The van der Waals surface area contributed by atoms with Gasteiger partial charge in [0.2, 0.25) is 0 Å². The van der Waals surface area contributed by atoms with Crippen molar-refractivity contribution in [3.8, 4) is 0 Å². The summed E-state index contributed by atoms with van der Waals surface area (Å²) in [5, 5.41) is 22.3. The maximum absolute atomic E-state index is 11.6. The minimum atomic E-state index is -1.12. The zero-order valence-corrected chi connectivity index (χ0v) is 13.9. The second kappa shape index (κ2) is 9.30. The molecule has 0 amide bonds. The van der Waals surface area contributed by atoms with E-state index in [4.69, 9.17) is 0 Å². The lowest BCUT2D eigenvalue weighted by molar-refractivity contribution is -0.320. The highest BCUT2D eigenvalue weighted by atomic mass is 16.4. The van der Waals surface area contributed by atoms with E-state index in [9.17, 15) is 19.8 Å². The summed E-state index contributed by atoms with van der Waals surface area (Å²) in [6.07, 6.45) is 1.55. The number of carboxylic acid groups (broad SMARTS) is 2. The van der Waals surface area contributed by atoms with E-state index in [2.05, 4.69) is 0 Å². The molecule has 0 aliphatic heterocycles. The van der Waals surface area contributed by atoms with Gasteiger partial charge in [-0.2, -0.15) is 0 Å². The van der Waals surface area contributed by atoms with Gasteiger partial charge < -0.3 is 24.7 Å². The number of aliphatic carboxylic acids is 2. The van der Waals surface area contributed by atoms with E-state index in [1.54, 1.807) is 0 Å². The van der Waals surface area contributed by atoms with E-state index < -0.39 is 17.4 Å². The van der Waals surface area contributed by atoms with Gasteiger partial charge in [0, 0.05) is 37.0 Å². The lowest BCUT2D eigenvalue weighted by Crippen LogP contribution is -2.50. The van der Waals surface area contributed by atoms with Gasteiger partial charge in [-0.1, -0.05) is 44.2 Å². The van der Waals surface area contributed by atoms with Crippen LogP contribution in [0, 0.1) is 5.41 Å². The largest absolute Gasteiger partial charge is 0.550 e. The molecule has 0 saturated heterocycles. The molecule has 0 saturated carbocycles. The second-order valence-corrected chi connectivity index (χ2v) is 5.91. The topological polar surface area (TPSA) is 83.5 Å². The van der Waals surface area contributed by atoms with Crippen LogP contribution in [0.15, 0.2) is 30.3 Å². The van der Waals surface area contributed by atoms with Crippen molar-refractivity contribution in [1.29, 1.82) is 0 Å². The summed E-state index contributed by atoms with van der Waals surface area (Å²) in [5.74, 6) is -2.19. The molecule has 23 heavy (non-hydrogen) atoms. The van der Waals surface area contributed by atoms with Crippen LogP contribution in [0.25, 0.3) is 0 Å². The van der Waals surface area contributed by atoms with Crippen molar-refractivity contribution in [3.63, 3.8) is 0 Å². The third-order valence-corrected chi connectivity index (χ3v) is 4.50. The normalized spacial score (nSPS) is 11.6. The molecular formula is C18H25NO4-2. The van der Waals surface area contributed by atoms with Crippen molar-refractivity contribution in [2.75, 3.05) is 19.6 Å². The predicted octanol–water partition coefficient (Wildman–Crippen LogP) is 0.227. The van der Waals surface area contributed by atoms with E-state index in [1.165, 1.54) is 0 Å². The zero-order chi connectivity index (χ0) is 17.3. The molecule has 0 atom stereocenters. The Kier molecular flexibility index (Phi) is 7.75. The number of rotatable bonds is 11. The minimum Gasteiger partial charge on any atom is -0.550 e. The summed E-state index contributed by atoms with van der Waals surface area (Å²) in [7, 11) is 0. The third kappa shape index (κ3) is 6.02. The molecule has 1 aromatic carbocycles. The Bertz CT molecular complexity index is 497. The van der Waals surface area contributed by atoms with E-state index in [1.807, 2.05) is 49.1 Å². The van der Waals surface area contributed by atoms with Gasteiger partial charge in [0.05, 0.1) is 0 Å². The molecule has 0 aromatic heterocycles. The number of hydrogen-bond donors (Lipinski definition) is 0.